The van der Waals surface area contributed by atoms with Gasteiger partial charge in [0, 0.05) is 31.2 Å². The first-order valence-corrected chi connectivity index (χ1v) is 8.55. The van der Waals surface area contributed by atoms with Gasteiger partial charge in [-0.1, -0.05) is 0 Å². The molecule has 140 valence electrons. The smallest absolute Gasteiger partial charge is 0.309 e. The molecule has 0 unspecified atom stereocenters. The lowest BCUT2D eigenvalue weighted by molar-refractivity contribution is -0.151. The van der Waals surface area contributed by atoms with Crippen molar-refractivity contribution in [3.8, 4) is 0 Å². The molecule has 1 saturated heterocycles. The molecule has 0 aromatic carbocycles. The Kier molecular flexibility index (Phi) is 7.19. The number of ether oxygens (including phenoxy) is 1. The predicted octanol–water partition coefficient (Wildman–Crippen LogP) is 0.774. The van der Waals surface area contributed by atoms with Crippen molar-refractivity contribution in [2.45, 2.75) is 33.1 Å². The van der Waals surface area contributed by atoms with E-state index in [4.69, 9.17) is 4.74 Å². The van der Waals surface area contributed by atoms with Gasteiger partial charge in [0.1, 0.15) is 5.69 Å². The minimum atomic E-state index is -0.486. The molecule has 9 nitrogen and oxygen atoms in total. The molecule has 0 atom stereocenters. The average molecular weight is 361 g/mol. The highest BCUT2D eigenvalue weighted by atomic mass is 16.5. The summed E-state index contributed by atoms with van der Waals surface area (Å²) in [5.41, 5.74) is 2.99. The van der Waals surface area contributed by atoms with Crippen LogP contribution in [0, 0.1) is 5.92 Å². The lowest BCUT2D eigenvalue weighted by Gasteiger charge is -2.30. The van der Waals surface area contributed by atoms with Gasteiger partial charge in [-0.2, -0.15) is 5.10 Å². The lowest BCUT2D eigenvalue weighted by atomic mass is 9.96. The van der Waals surface area contributed by atoms with Crippen LogP contribution in [-0.4, -0.2) is 58.1 Å². The van der Waals surface area contributed by atoms with Gasteiger partial charge in [-0.05, 0) is 26.7 Å². The molecule has 1 aliphatic rings. The minimum Gasteiger partial charge on any atom is -0.466 e. The van der Waals surface area contributed by atoms with Gasteiger partial charge in [0.15, 0.2) is 0 Å². The second-order valence-corrected chi connectivity index (χ2v) is 5.96. The van der Waals surface area contributed by atoms with Crippen molar-refractivity contribution in [1.29, 1.82) is 0 Å². The largest absolute Gasteiger partial charge is 0.466 e. The number of carbonyl (C=O) groups excluding carboxylic acids is 3. The van der Waals surface area contributed by atoms with Crippen LogP contribution >= 0.6 is 0 Å². The van der Waals surface area contributed by atoms with E-state index in [2.05, 4.69) is 20.5 Å². The van der Waals surface area contributed by atoms with E-state index < -0.39 is 5.91 Å². The number of hydrazone groups is 1. The fourth-order valence-electron chi connectivity index (χ4n) is 2.61. The summed E-state index contributed by atoms with van der Waals surface area (Å²) in [6.45, 7) is 4.85. The molecule has 0 bridgehead atoms. The van der Waals surface area contributed by atoms with E-state index in [0.717, 1.165) is 0 Å². The fraction of sp³-hybridized carbons (Fsp3) is 0.529. The second-order valence-electron chi connectivity index (χ2n) is 5.96. The number of piperidine rings is 1. The Labute approximate surface area is 151 Å². The third-order valence-electron chi connectivity index (χ3n) is 4.02. The first-order chi connectivity index (χ1) is 12.5. The Morgan fingerprint density at radius 1 is 1.31 bits per heavy atom. The molecule has 9 heteroatoms. The molecule has 2 heterocycles. The minimum absolute atomic E-state index is 0.0812. The number of aromatic nitrogens is 2. The number of likely N-dealkylation sites (tertiary alicyclic amines) is 1. The van der Waals surface area contributed by atoms with Crippen molar-refractivity contribution in [2.75, 3.05) is 19.7 Å². The van der Waals surface area contributed by atoms with Crippen LogP contribution in [0.2, 0.25) is 0 Å². The molecule has 2 rings (SSSR count). The van der Waals surface area contributed by atoms with Crippen molar-refractivity contribution in [3.05, 3.63) is 24.3 Å². The Balaban J connectivity index is 1.78. The number of rotatable bonds is 6. The fourth-order valence-corrected chi connectivity index (χ4v) is 2.61. The van der Waals surface area contributed by atoms with E-state index in [9.17, 15) is 14.4 Å². The molecule has 1 aliphatic heterocycles. The zero-order valence-electron chi connectivity index (χ0n) is 15.0. The summed E-state index contributed by atoms with van der Waals surface area (Å²) in [6, 6.07) is 0. The van der Waals surface area contributed by atoms with Crippen molar-refractivity contribution in [3.63, 3.8) is 0 Å². The van der Waals surface area contributed by atoms with Gasteiger partial charge in [-0.3, -0.25) is 19.4 Å². The molecule has 1 fully saturated rings. The molecule has 0 aliphatic carbocycles. The van der Waals surface area contributed by atoms with E-state index in [0.29, 0.717) is 38.2 Å². The summed E-state index contributed by atoms with van der Waals surface area (Å²) in [6.07, 6.45) is 5.52. The highest BCUT2D eigenvalue weighted by molar-refractivity contribution is 6.01. The van der Waals surface area contributed by atoms with Crippen LogP contribution < -0.4 is 5.43 Å². The maximum absolute atomic E-state index is 12.3. The van der Waals surface area contributed by atoms with Crippen LogP contribution in [0.25, 0.3) is 0 Å². The summed E-state index contributed by atoms with van der Waals surface area (Å²) in [5.74, 6) is -0.897. The van der Waals surface area contributed by atoms with Crippen LogP contribution in [0.15, 0.2) is 23.7 Å². The number of nitrogens with zero attached hydrogens (tertiary/aromatic N) is 4. The number of nitrogens with one attached hydrogen (secondary N) is 1. The molecular formula is C17H23N5O4. The summed E-state index contributed by atoms with van der Waals surface area (Å²) >= 11 is 0. The Morgan fingerprint density at radius 2 is 2.04 bits per heavy atom. The van der Waals surface area contributed by atoms with Crippen molar-refractivity contribution in [1.82, 2.24) is 20.3 Å². The first kappa shape index (κ1) is 19.5. The quantitative estimate of drug-likeness (QED) is 0.455. The van der Waals surface area contributed by atoms with Gasteiger partial charge in [0.2, 0.25) is 5.91 Å². The zero-order chi connectivity index (χ0) is 18.9. The topological polar surface area (TPSA) is 114 Å². The van der Waals surface area contributed by atoms with Crippen LogP contribution in [0.5, 0.6) is 0 Å². The SMILES string of the molecule is CCOC(=O)C1CCN(C(=O)C/C(C)=N\NC(=O)c2cnccn2)CC1. The van der Waals surface area contributed by atoms with Gasteiger partial charge >= 0.3 is 5.97 Å². The van der Waals surface area contributed by atoms with Crippen LogP contribution in [0.3, 0.4) is 0 Å². The summed E-state index contributed by atoms with van der Waals surface area (Å²) in [5, 5.41) is 3.93. The monoisotopic (exact) mass is 361 g/mol. The molecule has 26 heavy (non-hydrogen) atoms. The van der Waals surface area contributed by atoms with Gasteiger partial charge in [-0.25, -0.2) is 10.4 Å². The Morgan fingerprint density at radius 3 is 2.65 bits per heavy atom. The standard InChI is InChI=1S/C17H23N5O4/c1-3-26-17(25)13-4-8-22(9-5-13)15(23)10-12(2)20-21-16(24)14-11-18-6-7-19-14/h6-7,11,13H,3-5,8-10H2,1-2H3,(H,21,24)/b20-12-. The molecule has 0 spiro atoms. The lowest BCUT2D eigenvalue weighted by Crippen LogP contribution is -2.41. The van der Waals surface area contributed by atoms with Gasteiger partial charge in [0.25, 0.3) is 5.91 Å². The van der Waals surface area contributed by atoms with E-state index >= 15 is 0 Å². The van der Waals surface area contributed by atoms with Gasteiger partial charge in [0.05, 0.1) is 25.1 Å². The molecule has 0 saturated carbocycles. The molecule has 1 aromatic rings. The molecule has 2 amide bonds. The van der Waals surface area contributed by atoms with Crippen LogP contribution in [-0.2, 0) is 14.3 Å². The van der Waals surface area contributed by atoms with Crippen LogP contribution in [0.1, 0.15) is 43.6 Å². The summed E-state index contributed by atoms with van der Waals surface area (Å²) in [7, 11) is 0. The maximum Gasteiger partial charge on any atom is 0.309 e. The van der Waals surface area contributed by atoms with Crippen molar-refractivity contribution in [2.24, 2.45) is 11.0 Å². The summed E-state index contributed by atoms with van der Waals surface area (Å²) < 4.78 is 5.02. The number of esters is 1. The molecule has 1 aromatic heterocycles. The number of amides is 2. The Bertz CT molecular complexity index is 669. The highest BCUT2D eigenvalue weighted by Gasteiger charge is 2.28. The number of hydrogen-bond donors (Lipinski definition) is 1. The third-order valence-corrected chi connectivity index (χ3v) is 4.02. The normalized spacial score (nSPS) is 15.5. The Hall–Kier alpha value is -2.84. The average Bonchev–Trinajstić information content (AvgIpc) is 2.67. The second kappa shape index (κ2) is 9.59. The zero-order valence-corrected chi connectivity index (χ0v) is 15.0. The van der Waals surface area contributed by atoms with Gasteiger partial charge in [-0.15, -0.1) is 0 Å². The molecule has 0 radical (unpaired) electrons. The number of carbonyl (C=O) groups is 3. The summed E-state index contributed by atoms with van der Waals surface area (Å²) in [4.78, 5) is 45.3. The van der Waals surface area contributed by atoms with E-state index in [1.165, 1.54) is 18.6 Å². The maximum atomic E-state index is 12.3. The molecule has 1 N–H and O–H groups in total. The van der Waals surface area contributed by atoms with E-state index in [1.807, 2.05) is 0 Å². The third kappa shape index (κ3) is 5.61. The highest BCUT2D eigenvalue weighted by Crippen LogP contribution is 2.19. The van der Waals surface area contributed by atoms with Crippen molar-refractivity contribution < 1.29 is 19.1 Å². The first-order valence-electron chi connectivity index (χ1n) is 8.55. The van der Waals surface area contributed by atoms with Crippen LogP contribution in [0.4, 0.5) is 0 Å². The van der Waals surface area contributed by atoms with Crippen molar-refractivity contribution >= 4 is 23.5 Å². The van der Waals surface area contributed by atoms with Gasteiger partial charge < -0.3 is 9.64 Å². The predicted molar refractivity (Wildman–Crippen MR) is 93.2 cm³/mol. The molecular weight excluding hydrogens is 338 g/mol. The number of hydrogen-bond acceptors (Lipinski definition) is 7. The van der Waals surface area contributed by atoms with E-state index in [1.54, 1.807) is 18.7 Å². The van der Waals surface area contributed by atoms with E-state index in [-0.39, 0.29) is 29.9 Å².